The molecule has 0 aliphatic carbocycles. The summed E-state index contributed by atoms with van der Waals surface area (Å²) in [6.45, 7) is 3.71. The van der Waals surface area contributed by atoms with E-state index in [1.807, 2.05) is 13.0 Å². The zero-order valence-corrected chi connectivity index (χ0v) is 15.2. The first-order valence-electron chi connectivity index (χ1n) is 8.05. The van der Waals surface area contributed by atoms with Crippen molar-refractivity contribution in [1.82, 2.24) is 15.1 Å². The number of aryl methyl sites for hydroxylation is 1. The van der Waals surface area contributed by atoms with Crippen molar-refractivity contribution in [3.63, 3.8) is 0 Å². The molecule has 1 heterocycles. The van der Waals surface area contributed by atoms with E-state index < -0.39 is 4.92 Å². The number of nitro groups is 1. The molecule has 9 nitrogen and oxygen atoms in total. The molecule has 140 valence electrons. The molecule has 0 fully saturated rings. The van der Waals surface area contributed by atoms with Crippen LogP contribution in [0.15, 0.2) is 24.4 Å². The van der Waals surface area contributed by atoms with Gasteiger partial charge < -0.3 is 14.8 Å². The lowest BCUT2D eigenvalue weighted by molar-refractivity contribution is -0.385. The summed E-state index contributed by atoms with van der Waals surface area (Å²) in [5, 5.41) is 17.7. The molecule has 2 aromatic rings. The van der Waals surface area contributed by atoms with Crippen LogP contribution in [-0.4, -0.2) is 34.8 Å². The van der Waals surface area contributed by atoms with Gasteiger partial charge in [-0.2, -0.15) is 5.10 Å². The van der Waals surface area contributed by atoms with Crippen LogP contribution < -0.4 is 14.8 Å². The van der Waals surface area contributed by atoms with Crippen molar-refractivity contribution in [3.05, 3.63) is 45.8 Å². The second kappa shape index (κ2) is 8.32. The van der Waals surface area contributed by atoms with Gasteiger partial charge in [0.15, 0.2) is 0 Å². The first-order chi connectivity index (χ1) is 12.4. The number of carbonyl (C=O) groups excluding carboxylic acids is 1. The summed E-state index contributed by atoms with van der Waals surface area (Å²) >= 11 is 0. The third-order valence-corrected chi connectivity index (χ3v) is 4.11. The number of carbonyl (C=O) groups is 1. The Morgan fingerprint density at radius 3 is 2.69 bits per heavy atom. The number of hydrogen-bond donors (Lipinski definition) is 1. The van der Waals surface area contributed by atoms with Gasteiger partial charge >= 0.3 is 5.69 Å². The van der Waals surface area contributed by atoms with Gasteiger partial charge in [-0.1, -0.05) is 0 Å². The van der Waals surface area contributed by atoms with E-state index >= 15 is 0 Å². The molecule has 1 N–H and O–H groups in total. The van der Waals surface area contributed by atoms with Crippen LogP contribution in [-0.2, 0) is 11.3 Å². The fourth-order valence-corrected chi connectivity index (χ4v) is 2.62. The molecule has 0 bridgehead atoms. The summed E-state index contributed by atoms with van der Waals surface area (Å²) in [6.07, 6.45) is 1.34. The molecule has 2 rings (SSSR count). The largest absolute Gasteiger partial charge is 0.497 e. The lowest BCUT2D eigenvalue weighted by Gasteiger charge is -2.18. The SMILES string of the molecule is COc1ccc(OC)c(C(C)NC(=O)CCn2ncc([N+](=O)[O-])c2C)c1. The van der Waals surface area contributed by atoms with Crippen LogP contribution in [0.1, 0.15) is 30.6 Å². The highest BCUT2D eigenvalue weighted by molar-refractivity contribution is 5.76. The van der Waals surface area contributed by atoms with Crippen LogP contribution in [0.25, 0.3) is 0 Å². The molecule has 0 aliphatic heterocycles. The van der Waals surface area contributed by atoms with Crippen molar-refractivity contribution >= 4 is 11.6 Å². The fraction of sp³-hybridized carbons (Fsp3) is 0.412. The van der Waals surface area contributed by atoms with Gasteiger partial charge in [-0.25, -0.2) is 0 Å². The molecule has 0 radical (unpaired) electrons. The molecule has 1 amide bonds. The van der Waals surface area contributed by atoms with Crippen molar-refractivity contribution in [2.45, 2.75) is 32.9 Å². The molecule has 9 heteroatoms. The van der Waals surface area contributed by atoms with Gasteiger partial charge in [0, 0.05) is 12.0 Å². The number of aromatic nitrogens is 2. The second-order valence-corrected chi connectivity index (χ2v) is 5.74. The lowest BCUT2D eigenvalue weighted by Crippen LogP contribution is -2.28. The van der Waals surface area contributed by atoms with Gasteiger partial charge in [-0.05, 0) is 32.0 Å². The van der Waals surface area contributed by atoms with Gasteiger partial charge in [-0.3, -0.25) is 19.6 Å². The monoisotopic (exact) mass is 362 g/mol. The van der Waals surface area contributed by atoms with Crippen molar-refractivity contribution in [2.75, 3.05) is 14.2 Å². The number of ether oxygens (including phenoxy) is 2. The minimum Gasteiger partial charge on any atom is -0.497 e. The smallest absolute Gasteiger partial charge is 0.309 e. The van der Waals surface area contributed by atoms with Crippen molar-refractivity contribution in [1.29, 1.82) is 0 Å². The molecule has 1 atom stereocenters. The van der Waals surface area contributed by atoms with Gasteiger partial charge in [0.25, 0.3) is 0 Å². The van der Waals surface area contributed by atoms with Crippen LogP contribution in [0.5, 0.6) is 11.5 Å². The maximum absolute atomic E-state index is 12.2. The summed E-state index contributed by atoms with van der Waals surface area (Å²) in [4.78, 5) is 22.6. The van der Waals surface area contributed by atoms with E-state index in [2.05, 4.69) is 10.4 Å². The van der Waals surface area contributed by atoms with Crippen molar-refractivity contribution < 1.29 is 19.2 Å². The topological polar surface area (TPSA) is 109 Å². The normalized spacial score (nSPS) is 11.7. The maximum Gasteiger partial charge on any atom is 0.309 e. The van der Waals surface area contributed by atoms with Crippen molar-refractivity contribution in [3.8, 4) is 11.5 Å². The molecule has 1 unspecified atom stereocenters. The van der Waals surface area contributed by atoms with Crippen LogP contribution in [0.4, 0.5) is 5.69 Å². The highest BCUT2D eigenvalue weighted by atomic mass is 16.6. The Morgan fingerprint density at radius 1 is 1.38 bits per heavy atom. The van der Waals surface area contributed by atoms with Gasteiger partial charge in [0.2, 0.25) is 5.91 Å². The third kappa shape index (κ3) is 4.29. The Bertz CT molecular complexity index is 802. The summed E-state index contributed by atoms with van der Waals surface area (Å²) < 4.78 is 12.0. The average molecular weight is 362 g/mol. The minimum atomic E-state index is -0.490. The summed E-state index contributed by atoms with van der Waals surface area (Å²) in [5.74, 6) is 1.12. The zero-order valence-electron chi connectivity index (χ0n) is 15.2. The second-order valence-electron chi connectivity index (χ2n) is 5.74. The number of nitrogens with one attached hydrogen (secondary N) is 1. The van der Waals surface area contributed by atoms with E-state index in [0.29, 0.717) is 17.2 Å². The first-order valence-corrected chi connectivity index (χ1v) is 8.05. The predicted octanol–water partition coefficient (Wildman–Crippen LogP) is 2.38. The number of nitrogens with zero attached hydrogens (tertiary/aromatic N) is 3. The van der Waals surface area contributed by atoms with E-state index in [0.717, 1.165) is 5.56 Å². The highest BCUT2D eigenvalue weighted by Gasteiger charge is 2.18. The molecule has 0 spiro atoms. The fourth-order valence-electron chi connectivity index (χ4n) is 2.62. The molecular formula is C17H22N4O5. The van der Waals surface area contributed by atoms with E-state index in [1.54, 1.807) is 33.3 Å². The Morgan fingerprint density at radius 2 is 2.12 bits per heavy atom. The van der Waals surface area contributed by atoms with Crippen LogP contribution in [0, 0.1) is 17.0 Å². The number of benzene rings is 1. The van der Waals surface area contributed by atoms with E-state index in [1.165, 1.54) is 10.9 Å². The predicted molar refractivity (Wildman–Crippen MR) is 94.3 cm³/mol. The Labute approximate surface area is 151 Å². The van der Waals surface area contributed by atoms with Crippen LogP contribution in [0.3, 0.4) is 0 Å². The Hall–Kier alpha value is -3.10. The van der Waals surface area contributed by atoms with Crippen molar-refractivity contribution in [2.24, 2.45) is 0 Å². The van der Waals surface area contributed by atoms with Crippen LogP contribution >= 0.6 is 0 Å². The number of hydrogen-bond acceptors (Lipinski definition) is 6. The highest BCUT2D eigenvalue weighted by Crippen LogP contribution is 2.29. The Kier molecular flexibility index (Phi) is 6.16. The van der Waals surface area contributed by atoms with Gasteiger partial charge in [0.05, 0.1) is 31.7 Å². The first kappa shape index (κ1) is 19.2. The summed E-state index contributed by atoms with van der Waals surface area (Å²) in [7, 11) is 3.13. The van der Waals surface area contributed by atoms with E-state index in [4.69, 9.17) is 9.47 Å². The minimum absolute atomic E-state index is 0.0557. The van der Waals surface area contributed by atoms with Crippen LogP contribution in [0.2, 0.25) is 0 Å². The molecule has 1 aromatic heterocycles. The average Bonchev–Trinajstić information content (AvgIpc) is 3.00. The summed E-state index contributed by atoms with van der Waals surface area (Å²) in [5.41, 5.74) is 1.16. The molecule has 1 aromatic carbocycles. The molecule has 26 heavy (non-hydrogen) atoms. The lowest BCUT2D eigenvalue weighted by atomic mass is 10.1. The number of methoxy groups -OCH3 is 2. The number of amides is 1. The van der Waals surface area contributed by atoms with Gasteiger partial charge in [0.1, 0.15) is 23.4 Å². The molecule has 0 saturated carbocycles. The molecule has 0 saturated heterocycles. The Balaban J connectivity index is 2.00. The van der Waals surface area contributed by atoms with E-state index in [9.17, 15) is 14.9 Å². The third-order valence-electron chi connectivity index (χ3n) is 4.11. The summed E-state index contributed by atoms with van der Waals surface area (Å²) in [6, 6.07) is 5.08. The maximum atomic E-state index is 12.2. The van der Waals surface area contributed by atoms with Gasteiger partial charge in [-0.15, -0.1) is 0 Å². The standard InChI is InChI=1S/C17H22N4O5/c1-11(14-9-13(25-3)5-6-16(14)26-4)19-17(22)7-8-20-12(2)15(10-18-20)21(23)24/h5-6,9-11H,7-8H2,1-4H3,(H,19,22). The quantitative estimate of drug-likeness (QED) is 0.570. The number of rotatable bonds is 8. The van der Waals surface area contributed by atoms with E-state index in [-0.39, 0.29) is 30.6 Å². The molecule has 0 aliphatic rings. The zero-order chi connectivity index (χ0) is 19.3. The molecular weight excluding hydrogens is 340 g/mol.